The summed E-state index contributed by atoms with van der Waals surface area (Å²) in [7, 11) is -3.74. The number of H-pyrrole nitrogens is 1. The van der Waals surface area contributed by atoms with Gasteiger partial charge in [-0.25, -0.2) is 13.4 Å². The number of aryl methyl sites for hydroxylation is 1. The minimum Gasteiger partial charge on any atom is -0.263 e. The lowest BCUT2D eigenvalue weighted by Crippen LogP contribution is -2.30. The van der Waals surface area contributed by atoms with E-state index in [-0.39, 0.29) is 4.90 Å². The average molecular weight is 407 g/mol. The molecule has 0 amide bonds. The van der Waals surface area contributed by atoms with Crippen molar-refractivity contribution in [2.45, 2.75) is 17.9 Å². The Kier molecular flexibility index (Phi) is 4.79. The molecule has 0 saturated carbocycles. The molecule has 24 heavy (non-hydrogen) atoms. The second-order valence-corrected chi connectivity index (χ2v) is 7.83. The molecule has 3 rings (SSSR count). The zero-order valence-electron chi connectivity index (χ0n) is 12.8. The second-order valence-electron chi connectivity index (χ2n) is 5.20. The molecular formula is C16H15BrN4O2S. The number of sulfonamides is 1. The van der Waals surface area contributed by atoms with E-state index in [2.05, 4.69) is 35.8 Å². The molecule has 3 aromatic rings. The summed E-state index contributed by atoms with van der Waals surface area (Å²) >= 11 is 3.29. The van der Waals surface area contributed by atoms with Crippen molar-refractivity contribution >= 4 is 26.0 Å². The molecule has 124 valence electrons. The molecule has 1 heterocycles. The van der Waals surface area contributed by atoms with Gasteiger partial charge in [0.2, 0.25) is 10.0 Å². The summed E-state index contributed by atoms with van der Waals surface area (Å²) in [4.78, 5) is 4.45. The maximum absolute atomic E-state index is 12.8. The molecule has 1 atom stereocenters. The second kappa shape index (κ2) is 6.84. The van der Waals surface area contributed by atoms with Crippen molar-refractivity contribution in [1.29, 1.82) is 0 Å². The Morgan fingerprint density at radius 2 is 1.88 bits per heavy atom. The van der Waals surface area contributed by atoms with E-state index in [0.29, 0.717) is 16.1 Å². The van der Waals surface area contributed by atoms with Gasteiger partial charge in [0.1, 0.15) is 11.9 Å². The lowest BCUT2D eigenvalue weighted by Gasteiger charge is -2.16. The van der Waals surface area contributed by atoms with E-state index in [1.807, 2.05) is 30.3 Å². The molecule has 2 aromatic carbocycles. The number of nitrogens with zero attached hydrogens (tertiary/aromatic N) is 2. The Morgan fingerprint density at radius 3 is 2.50 bits per heavy atom. The van der Waals surface area contributed by atoms with Crippen LogP contribution in [0.5, 0.6) is 0 Å². The predicted molar refractivity (Wildman–Crippen MR) is 93.9 cm³/mol. The van der Waals surface area contributed by atoms with E-state index in [4.69, 9.17) is 0 Å². The Labute approximate surface area is 148 Å². The van der Waals surface area contributed by atoms with Crippen LogP contribution in [0.3, 0.4) is 0 Å². The molecule has 0 bridgehead atoms. The summed E-state index contributed by atoms with van der Waals surface area (Å²) in [5, 5.41) is 6.87. The SMILES string of the molecule is Cc1nc(C(NS(=O)(=O)c2cccc(Br)c2)c2ccccc2)n[nH]1. The first-order valence-corrected chi connectivity index (χ1v) is 9.45. The molecule has 0 aliphatic carbocycles. The van der Waals surface area contributed by atoms with Crippen molar-refractivity contribution in [3.63, 3.8) is 0 Å². The highest BCUT2D eigenvalue weighted by Crippen LogP contribution is 2.23. The number of hydrogen-bond acceptors (Lipinski definition) is 4. The number of nitrogens with one attached hydrogen (secondary N) is 2. The van der Waals surface area contributed by atoms with Gasteiger partial charge in [0, 0.05) is 4.47 Å². The molecule has 0 aliphatic rings. The maximum Gasteiger partial charge on any atom is 0.241 e. The molecule has 0 radical (unpaired) electrons. The standard InChI is InChI=1S/C16H15BrN4O2S/c1-11-18-16(20-19-11)15(12-6-3-2-4-7-12)21-24(22,23)14-9-5-8-13(17)10-14/h2-10,15,21H,1H3,(H,18,19,20). The van der Waals surface area contributed by atoms with E-state index in [9.17, 15) is 8.42 Å². The van der Waals surface area contributed by atoms with Gasteiger partial charge in [0.15, 0.2) is 5.82 Å². The third-order valence-electron chi connectivity index (χ3n) is 3.38. The summed E-state index contributed by atoms with van der Waals surface area (Å²) in [6.45, 7) is 1.77. The maximum atomic E-state index is 12.8. The van der Waals surface area contributed by atoms with Crippen LogP contribution < -0.4 is 4.72 Å². The Hall–Kier alpha value is -2.03. The van der Waals surface area contributed by atoms with Gasteiger partial charge in [-0.15, -0.1) is 0 Å². The summed E-state index contributed by atoms with van der Waals surface area (Å²) in [5.74, 6) is 0.991. The Bertz CT molecular complexity index is 941. The average Bonchev–Trinajstić information content (AvgIpc) is 3.00. The highest BCUT2D eigenvalue weighted by Gasteiger charge is 2.25. The number of hydrogen-bond donors (Lipinski definition) is 2. The fourth-order valence-corrected chi connectivity index (χ4v) is 4.04. The van der Waals surface area contributed by atoms with Crippen LogP contribution in [0.25, 0.3) is 0 Å². The molecule has 0 saturated heterocycles. The molecule has 0 spiro atoms. The van der Waals surface area contributed by atoms with Gasteiger partial charge < -0.3 is 0 Å². The van der Waals surface area contributed by atoms with E-state index in [0.717, 1.165) is 5.56 Å². The van der Waals surface area contributed by atoms with Crippen LogP contribution in [0, 0.1) is 6.92 Å². The van der Waals surface area contributed by atoms with Gasteiger partial charge in [-0.05, 0) is 30.7 Å². The monoisotopic (exact) mass is 406 g/mol. The highest BCUT2D eigenvalue weighted by molar-refractivity contribution is 9.10. The fourth-order valence-electron chi connectivity index (χ4n) is 2.26. The molecule has 1 unspecified atom stereocenters. The van der Waals surface area contributed by atoms with Crippen molar-refractivity contribution in [1.82, 2.24) is 19.9 Å². The first-order chi connectivity index (χ1) is 11.5. The minimum absolute atomic E-state index is 0.171. The van der Waals surface area contributed by atoms with E-state index >= 15 is 0 Å². The van der Waals surface area contributed by atoms with E-state index < -0.39 is 16.1 Å². The van der Waals surface area contributed by atoms with Crippen LogP contribution in [0.15, 0.2) is 64.0 Å². The molecule has 0 fully saturated rings. The largest absolute Gasteiger partial charge is 0.263 e. The number of aromatic nitrogens is 3. The fraction of sp³-hybridized carbons (Fsp3) is 0.125. The Morgan fingerprint density at radius 1 is 1.12 bits per heavy atom. The highest BCUT2D eigenvalue weighted by atomic mass is 79.9. The van der Waals surface area contributed by atoms with Crippen molar-refractivity contribution in [3.05, 3.63) is 76.3 Å². The molecule has 8 heteroatoms. The van der Waals surface area contributed by atoms with Gasteiger partial charge >= 0.3 is 0 Å². The molecule has 1 aromatic heterocycles. The lowest BCUT2D eigenvalue weighted by molar-refractivity contribution is 0.567. The van der Waals surface area contributed by atoms with Gasteiger partial charge in [-0.2, -0.15) is 9.82 Å². The zero-order valence-corrected chi connectivity index (χ0v) is 15.2. The van der Waals surface area contributed by atoms with Crippen LogP contribution in [-0.4, -0.2) is 23.6 Å². The quantitative estimate of drug-likeness (QED) is 0.681. The molecule has 6 nitrogen and oxygen atoms in total. The van der Waals surface area contributed by atoms with Crippen molar-refractivity contribution in [3.8, 4) is 0 Å². The summed E-state index contributed by atoms with van der Waals surface area (Å²) in [6, 6.07) is 15.1. The number of benzene rings is 2. The van der Waals surface area contributed by atoms with Crippen LogP contribution in [0.4, 0.5) is 0 Å². The molecular weight excluding hydrogens is 392 g/mol. The van der Waals surface area contributed by atoms with Crippen LogP contribution in [0.2, 0.25) is 0 Å². The van der Waals surface area contributed by atoms with Gasteiger partial charge in [-0.3, -0.25) is 5.10 Å². The summed E-state index contributed by atoms with van der Waals surface area (Å²) in [5.41, 5.74) is 0.759. The first kappa shape index (κ1) is 16.8. The molecule has 0 aliphatic heterocycles. The lowest BCUT2D eigenvalue weighted by atomic mass is 10.1. The Balaban J connectivity index is 2.01. The van der Waals surface area contributed by atoms with E-state index in [1.54, 1.807) is 31.2 Å². The van der Waals surface area contributed by atoms with Crippen LogP contribution in [-0.2, 0) is 10.0 Å². The van der Waals surface area contributed by atoms with Crippen molar-refractivity contribution in [2.75, 3.05) is 0 Å². The van der Waals surface area contributed by atoms with Crippen molar-refractivity contribution in [2.24, 2.45) is 0 Å². The third kappa shape index (κ3) is 3.72. The zero-order chi connectivity index (χ0) is 17.2. The summed E-state index contributed by atoms with van der Waals surface area (Å²) < 4.78 is 28.9. The molecule has 2 N–H and O–H groups in total. The van der Waals surface area contributed by atoms with Crippen LogP contribution in [0.1, 0.15) is 23.3 Å². The van der Waals surface area contributed by atoms with Crippen LogP contribution >= 0.6 is 15.9 Å². The number of rotatable bonds is 5. The summed E-state index contributed by atoms with van der Waals surface area (Å²) in [6.07, 6.45) is 0. The predicted octanol–water partition coefficient (Wildman–Crippen LogP) is 2.94. The van der Waals surface area contributed by atoms with Gasteiger partial charge in [0.25, 0.3) is 0 Å². The topological polar surface area (TPSA) is 87.7 Å². The van der Waals surface area contributed by atoms with E-state index in [1.165, 1.54) is 0 Å². The third-order valence-corrected chi connectivity index (χ3v) is 5.30. The normalized spacial score (nSPS) is 12.9. The number of aromatic amines is 1. The van der Waals surface area contributed by atoms with Crippen molar-refractivity contribution < 1.29 is 8.42 Å². The van der Waals surface area contributed by atoms with Gasteiger partial charge in [0.05, 0.1) is 4.90 Å². The first-order valence-electron chi connectivity index (χ1n) is 7.17. The number of halogens is 1. The minimum atomic E-state index is -3.74. The van der Waals surface area contributed by atoms with Gasteiger partial charge in [-0.1, -0.05) is 52.3 Å². The smallest absolute Gasteiger partial charge is 0.241 e.